The average molecular weight is 393 g/mol. The molecule has 2 atom stereocenters. The lowest BCUT2D eigenvalue weighted by atomic mass is 9.99. The molecule has 0 aromatic heterocycles. The molecule has 1 heterocycles. The normalized spacial score (nSPS) is 17.2. The minimum Gasteiger partial charge on any atom is -0.326 e. The number of amides is 4. The predicted molar refractivity (Wildman–Crippen MR) is 113 cm³/mol. The summed E-state index contributed by atoms with van der Waals surface area (Å²) in [6.45, 7) is 3.99. The molecule has 1 fully saturated rings. The maximum Gasteiger partial charge on any atom is 0.325 e. The van der Waals surface area contributed by atoms with E-state index >= 15 is 0 Å². The number of carbonyl (C=O) groups is 3. The van der Waals surface area contributed by atoms with Gasteiger partial charge in [0.2, 0.25) is 5.91 Å². The maximum absolute atomic E-state index is 12.5. The molecule has 2 aromatic rings. The largest absolute Gasteiger partial charge is 0.326 e. The molecular weight excluding hydrogens is 366 g/mol. The Morgan fingerprint density at radius 3 is 2.45 bits per heavy atom. The van der Waals surface area contributed by atoms with Crippen LogP contribution in [-0.2, 0) is 16.0 Å². The zero-order chi connectivity index (χ0) is 20.8. The molecule has 0 radical (unpaired) electrons. The van der Waals surface area contributed by atoms with Gasteiger partial charge in [-0.3, -0.25) is 14.5 Å². The Kier molecular flexibility index (Phi) is 6.65. The number of anilines is 1. The van der Waals surface area contributed by atoms with Crippen LogP contribution in [-0.4, -0.2) is 35.3 Å². The summed E-state index contributed by atoms with van der Waals surface area (Å²) in [6, 6.07) is 16.3. The monoisotopic (exact) mass is 393 g/mol. The first kappa shape index (κ1) is 20.6. The third-order valence-corrected chi connectivity index (χ3v) is 5.35. The summed E-state index contributed by atoms with van der Waals surface area (Å²) in [6.07, 6.45) is 2.23. The molecule has 1 saturated heterocycles. The van der Waals surface area contributed by atoms with Gasteiger partial charge in [-0.05, 0) is 48.4 Å². The Labute approximate surface area is 171 Å². The van der Waals surface area contributed by atoms with Crippen molar-refractivity contribution >= 4 is 23.5 Å². The van der Waals surface area contributed by atoms with Gasteiger partial charge in [-0.15, -0.1) is 0 Å². The van der Waals surface area contributed by atoms with Gasteiger partial charge in [-0.1, -0.05) is 56.3 Å². The van der Waals surface area contributed by atoms with Crippen molar-refractivity contribution in [3.05, 3.63) is 65.7 Å². The highest BCUT2D eigenvalue weighted by molar-refractivity contribution is 6.07. The second kappa shape index (κ2) is 9.37. The Bertz CT molecular complexity index is 865. The summed E-state index contributed by atoms with van der Waals surface area (Å²) in [5.74, 6) is -0.291. The van der Waals surface area contributed by atoms with E-state index < -0.39 is 18.0 Å². The van der Waals surface area contributed by atoms with E-state index in [0.717, 1.165) is 16.9 Å². The minimum atomic E-state index is -0.592. The molecule has 6 heteroatoms. The van der Waals surface area contributed by atoms with Crippen LogP contribution in [0.5, 0.6) is 0 Å². The van der Waals surface area contributed by atoms with E-state index in [2.05, 4.69) is 24.5 Å². The average Bonchev–Trinajstić information content (AvgIpc) is 3.00. The minimum absolute atomic E-state index is 0.292. The molecular formula is C23H27N3O3. The van der Waals surface area contributed by atoms with Gasteiger partial charge in [0.25, 0.3) is 5.91 Å². The van der Waals surface area contributed by atoms with Crippen molar-refractivity contribution in [1.29, 1.82) is 0 Å². The molecule has 3 rings (SSSR count). The molecule has 0 aliphatic carbocycles. The van der Waals surface area contributed by atoms with Crippen molar-refractivity contribution in [3.8, 4) is 0 Å². The van der Waals surface area contributed by atoms with Gasteiger partial charge in [-0.2, -0.15) is 0 Å². The molecule has 1 aliphatic heterocycles. The summed E-state index contributed by atoms with van der Waals surface area (Å²) in [7, 11) is 0. The Hall–Kier alpha value is -3.15. The summed E-state index contributed by atoms with van der Waals surface area (Å²) in [5.41, 5.74) is 2.96. The van der Waals surface area contributed by atoms with Crippen molar-refractivity contribution in [2.75, 3.05) is 11.9 Å². The smallest absolute Gasteiger partial charge is 0.325 e. The standard InChI is InChI=1S/C23H27N3O3/c1-3-16(2)18-10-12-19(13-11-18)24-21(27)15-26-22(28)20(25-23(26)29)14-9-17-7-5-4-6-8-17/h4-8,10-13,16,20H,3,9,14-15H2,1-2H3,(H,24,27)(H,25,29)/t16-,20+/m0/s1. The van der Waals surface area contributed by atoms with Crippen LogP contribution >= 0.6 is 0 Å². The number of carbonyl (C=O) groups excluding carboxylic acids is 3. The third kappa shape index (κ3) is 5.22. The molecule has 2 aromatic carbocycles. The van der Waals surface area contributed by atoms with Crippen molar-refractivity contribution in [3.63, 3.8) is 0 Å². The van der Waals surface area contributed by atoms with Gasteiger partial charge in [0.15, 0.2) is 0 Å². The predicted octanol–water partition coefficient (Wildman–Crippen LogP) is 3.69. The van der Waals surface area contributed by atoms with Crippen LogP contribution in [0.4, 0.5) is 10.5 Å². The quantitative estimate of drug-likeness (QED) is 0.672. The fourth-order valence-corrected chi connectivity index (χ4v) is 3.35. The molecule has 0 saturated carbocycles. The molecule has 1 aliphatic rings. The lowest BCUT2D eigenvalue weighted by Gasteiger charge is -2.14. The number of hydrogen-bond acceptors (Lipinski definition) is 3. The molecule has 0 spiro atoms. The third-order valence-electron chi connectivity index (χ3n) is 5.35. The highest BCUT2D eigenvalue weighted by atomic mass is 16.2. The van der Waals surface area contributed by atoms with Gasteiger partial charge in [0, 0.05) is 5.69 Å². The maximum atomic E-state index is 12.5. The Morgan fingerprint density at radius 1 is 1.10 bits per heavy atom. The number of hydrogen-bond donors (Lipinski definition) is 2. The lowest BCUT2D eigenvalue weighted by Crippen LogP contribution is -2.38. The molecule has 6 nitrogen and oxygen atoms in total. The highest BCUT2D eigenvalue weighted by Crippen LogP contribution is 2.20. The Morgan fingerprint density at radius 2 is 1.79 bits per heavy atom. The molecule has 0 bridgehead atoms. The summed E-state index contributed by atoms with van der Waals surface area (Å²) in [4.78, 5) is 38.0. The van der Waals surface area contributed by atoms with Crippen LogP contribution in [0.15, 0.2) is 54.6 Å². The van der Waals surface area contributed by atoms with Crippen LogP contribution in [0.1, 0.15) is 43.7 Å². The zero-order valence-corrected chi connectivity index (χ0v) is 16.9. The number of imide groups is 1. The molecule has 4 amide bonds. The number of benzene rings is 2. The van der Waals surface area contributed by atoms with E-state index in [1.165, 1.54) is 5.56 Å². The second-order valence-electron chi connectivity index (χ2n) is 7.43. The first-order valence-electron chi connectivity index (χ1n) is 10.0. The fraction of sp³-hybridized carbons (Fsp3) is 0.348. The zero-order valence-electron chi connectivity index (χ0n) is 16.9. The van der Waals surface area contributed by atoms with Crippen LogP contribution in [0, 0.1) is 0 Å². The second-order valence-corrected chi connectivity index (χ2v) is 7.43. The molecule has 29 heavy (non-hydrogen) atoms. The number of urea groups is 1. The van der Waals surface area contributed by atoms with Gasteiger partial charge < -0.3 is 10.6 Å². The number of rotatable bonds is 8. The number of nitrogens with one attached hydrogen (secondary N) is 2. The van der Waals surface area contributed by atoms with Crippen molar-refractivity contribution in [2.45, 2.75) is 45.1 Å². The van der Waals surface area contributed by atoms with Crippen molar-refractivity contribution < 1.29 is 14.4 Å². The van der Waals surface area contributed by atoms with E-state index in [9.17, 15) is 14.4 Å². The molecule has 0 unspecified atom stereocenters. The topological polar surface area (TPSA) is 78.5 Å². The van der Waals surface area contributed by atoms with Gasteiger partial charge in [0.1, 0.15) is 12.6 Å². The first-order chi connectivity index (χ1) is 14.0. The molecule has 152 valence electrons. The van der Waals surface area contributed by atoms with Crippen molar-refractivity contribution in [2.24, 2.45) is 0 Å². The van der Waals surface area contributed by atoms with E-state index in [1.807, 2.05) is 54.6 Å². The lowest BCUT2D eigenvalue weighted by molar-refractivity contribution is -0.130. The van der Waals surface area contributed by atoms with E-state index in [4.69, 9.17) is 0 Å². The van der Waals surface area contributed by atoms with Crippen LogP contribution in [0.3, 0.4) is 0 Å². The van der Waals surface area contributed by atoms with Crippen LogP contribution in [0.2, 0.25) is 0 Å². The van der Waals surface area contributed by atoms with E-state index in [0.29, 0.717) is 24.4 Å². The summed E-state index contributed by atoms with van der Waals surface area (Å²) in [5, 5.41) is 5.43. The summed E-state index contributed by atoms with van der Waals surface area (Å²) < 4.78 is 0. The first-order valence-corrected chi connectivity index (χ1v) is 10.0. The number of nitrogens with zero attached hydrogens (tertiary/aromatic N) is 1. The van der Waals surface area contributed by atoms with Crippen molar-refractivity contribution in [1.82, 2.24) is 10.2 Å². The van der Waals surface area contributed by atoms with Gasteiger partial charge in [0.05, 0.1) is 0 Å². The highest BCUT2D eigenvalue weighted by Gasteiger charge is 2.38. The number of aryl methyl sites for hydroxylation is 1. The SMILES string of the molecule is CC[C@H](C)c1ccc(NC(=O)CN2C(=O)N[C@H](CCc3ccccc3)C2=O)cc1. The van der Waals surface area contributed by atoms with E-state index in [-0.39, 0.29) is 12.5 Å². The Balaban J connectivity index is 1.53. The van der Waals surface area contributed by atoms with Crippen LogP contribution in [0.25, 0.3) is 0 Å². The van der Waals surface area contributed by atoms with Gasteiger partial charge >= 0.3 is 6.03 Å². The fourth-order valence-electron chi connectivity index (χ4n) is 3.35. The van der Waals surface area contributed by atoms with Crippen LogP contribution < -0.4 is 10.6 Å². The molecule has 2 N–H and O–H groups in total. The van der Waals surface area contributed by atoms with E-state index in [1.54, 1.807) is 0 Å². The van der Waals surface area contributed by atoms with Gasteiger partial charge in [-0.25, -0.2) is 4.79 Å². The summed E-state index contributed by atoms with van der Waals surface area (Å²) >= 11 is 0.